The first-order valence-electron chi connectivity index (χ1n) is 11.3. The van der Waals surface area contributed by atoms with Crippen LogP contribution < -0.4 is 5.32 Å². The lowest BCUT2D eigenvalue weighted by Gasteiger charge is -2.33. The largest absolute Gasteiger partial charge is 0.357 e. The maximum Gasteiger partial charge on any atom is 0.193 e. The Morgan fingerprint density at radius 3 is 2.19 bits per heavy atom. The second kappa shape index (κ2) is 10.5. The van der Waals surface area contributed by atoms with Gasteiger partial charge in [0.15, 0.2) is 5.96 Å². The van der Waals surface area contributed by atoms with Crippen LogP contribution in [-0.4, -0.2) is 86.1 Å². The minimum absolute atomic E-state index is 0.925. The van der Waals surface area contributed by atoms with Crippen molar-refractivity contribution in [3.05, 3.63) is 0 Å². The number of guanidine groups is 1. The maximum atomic E-state index is 4.97. The minimum Gasteiger partial charge on any atom is -0.357 e. The number of rotatable bonds is 7. The summed E-state index contributed by atoms with van der Waals surface area (Å²) in [5.74, 6) is 3.03. The fraction of sp³-hybridized carbons (Fsp3) is 0.952. The van der Waals surface area contributed by atoms with Gasteiger partial charge in [0.05, 0.1) is 0 Å². The van der Waals surface area contributed by atoms with Crippen molar-refractivity contribution in [1.82, 2.24) is 20.0 Å². The second-order valence-corrected chi connectivity index (χ2v) is 8.43. The standard InChI is InChI=1S/C21H41N5/c1-3-22-21(26-17-19-9-5-6-10-20(19)18-26)23-11-7-8-12-25-15-13-24(4-2)14-16-25/h19-20H,3-18H2,1-2H3,(H,22,23). The van der Waals surface area contributed by atoms with Gasteiger partial charge in [-0.25, -0.2) is 0 Å². The van der Waals surface area contributed by atoms with Crippen molar-refractivity contribution in [3.8, 4) is 0 Å². The van der Waals surface area contributed by atoms with Crippen LogP contribution in [-0.2, 0) is 0 Å². The van der Waals surface area contributed by atoms with Gasteiger partial charge in [-0.2, -0.15) is 0 Å². The van der Waals surface area contributed by atoms with Crippen molar-refractivity contribution in [1.29, 1.82) is 0 Å². The fourth-order valence-corrected chi connectivity index (χ4v) is 4.97. The molecule has 0 amide bonds. The molecule has 5 heteroatoms. The number of hydrogen-bond donors (Lipinski definition) is 1. The van der Waals surface area contributed by atoms with E-state index in [9.17, 15) is 0 Å². The highest BCUT2D eigenvalue weighted by atomic mass is 15.3. The molecule has 0 aromatic carbocycles. The molecule has 2 aliphatic heterocycles. The zero-order valence-electron chi connectivity index (χ0n) is 17.3. The Hall–Kier alpha value is -0.810. The van der Waals surface area contributed by atoms with Gasteiger partial charge in [0.2, 0.25) is 0 Å². The molecule has 2 unspecified atom stereocenters. The Kier molecular flexibility index (Phi) is 8.06. The third kappa shape index (κ3) is 5.59. The molecule has 5 nitrogen and oxygen atoms in total. The molecule has 0 aromatic heterocycles. The second-order valence-electron chi connectivity index (χ2n) is 8.43. The third-order valence-corrected chi connectivity index (χ3v) is 6.67. The predicted octanol–water partition coefficient (Wildman–Crippen LogP) is 2.49. The van der Waals surface area contributed by atoms with Crippen LogP contribution in [0.25, 0.3) is 0 Å². The average Bonchev–Trinajstić information content (AvgIpc) is 3.11. The summed E-state index contributed by atoms with van der Waals surface area (Å²) < 4.78 is 0. The van der Waals surface area contributed by atoms with E-state index in [0.717, 1.165) is 24.9 Å². The molecule has 150 valence electrons. The Balaban J connectivity index is 1.36. The molecule has 1 aliphatic carbocycles. The highest BCUT2D eigenvalue weighted by Gasteiger charge is 2.35. The molecular weight excluding hydrogens is 322 g/mol. The van der Waals surface area contributed by atoms with Crippen LogP contribution in [0, 0.1) is 11.8 Å². The Labute approximate surface area is 161 Å². The van der Waals surface area contributed by atoms with E-state index in [-0.39, 0.29) is 0 Å². The number of likely N-dealkylation sites (N-methyl/N-ethyl adjacent to an activating group) is 1. The average molecular weight is 364 g/mol. The van der Waals surface area contributed by atoms with Gasteiger partial charge < -0.3 is 20.0 Å². The molecule has 3 aliphatic rings. The molecule has 0 bridgehead atoms. The summed E-state index contributed by atoms with van der Waals surface area (Å²) in [7, 11) is 0. The molecule has 2 heterocycles. The van der Waals surface area contributed by atoms with Crippen LogP contribution in [0.4, 0.5) is 0 Å². The van der Waals surface area contributed by atoms with Crippen LogP contribution in [0.5, 0.6) is 0 Å². The molecule has 1 saturated carbocycles. The van der Waals surface area contributed by atoms with Gasteiger partial charge in [-0.1, -0.05) is 19.8 Å². The van der Waals surface area contributed by atoms with Crippen molar-refractivity contribution < 1.29 is 0 Å². The van der Waals surface area contributed by atoms with Crippen LogP contribution in [0.1, 0.15) is 52.4 Å². The molecule has 2 atom stereocenters. The van der Waals surface area contributed by atoms with Gasteiger partial charge >= 0.3 is 0 Å². The van der Waals surface area contributed by atoms with Crippen LogP contribution >= 0.6 is 0 Å². The number of nitrogens with one attached hydrogen (secondary N) is 1. The monoisotopic (exact) mass is 363 g/mol. The third-order valence-electron chi connectivity index (χ3n) is 6.67. The fourth-order valence-electron chi connectivity index (χ4n) is 4.97. The smallest absolute Gasteiger partial charge is 0.193 e. The molecule has 0 aromatic rings. The van der Waals surface area contributed by atoms with E-state index in [1.165, 1.54) is 96.8 Å². The summed E-state index contributed by atoms with van der Waals surface area (Å²) in [6, 6.07) is 0. The number of likely N-dealkylation sites (tertiary alicyclic amines) is 1. The van der Waals surface area contributed by atoms with Crippen molar-refractivity contribution in [3.63, 3.8) is 0 Å². The number of nitrogens with zero attached hydrogens (tertiary/aromatic N) is 4. The molecular formula is C21H41N5. The van der Waals surface area contributed by atoms with Gasteiger partial charge in [-0.3, -0.25) is 4.99 Å². The number of hydrogen-bond acceptors (Lipinski definition) is 3. The van der Waals surface area contributed by atoms with Gasteiger partial charge in [0.25, 0.3) is 0 Å². The van der Waals surface area contributed by atoms with E-state index >= 15 is 0 Å². The van der Waals surface area contributed by atoms with E-state index in [1.54, 1.807) is 0 Å². The van der Waals surface area contributed by atoms with E-state index in [4.69, 9.17) is 4.99 Å². The van der Waals surface area contributed by atoms with Crippen molar-refractivity contribution in [2.75, 3.05) is 65.4 Å². The molecule has 3 fully saturated rings. The molecule has 3 rings (SSSR count). The summed E-state index contributed by atoms with van der Waals surface area (Å²) in [6.07, 6.45) is 8.24. The SMILES string of the molecule is CCNC(=NCCCCN1CCN(CC)CC1)N1CC2CCCCC2C1. The molecule has 2 saturated heterocycles. The lowest BCUT2D eigenvalue weighted by molar-refractivity contribution is 0.136. The molecule has 0 radical (unpaired) electrons. The van der Waals surface area contributed by atoms with Gasteiger partial charge in [-0.05, 0) is 57.5 Å². The van der Waals surface area contributed by atoms with E-state index in [0.29, 0.717) is 0 Å². The maximum absolute atomic E-state index is 4.97. The van der Waals surface area contributed by atoms with Crippen LogP contribution in [0.15, 0.2) is 4.99 Å². The topological polar surface area (TPSA) is 34.1 Å². The molecule has 0 spiro atoms. The Morgan fingerprint density at radius 1 is 0.923 bits per heavy atom. The lowest BCUT2D eigenvalue weighted by atomic mass is 9.82. The van der Waals surface area contributed by atoms with Gasteiger partial charge in [0.1, 0.15) is 0 Å². The van der Waals surface area contributed by atoms with Crippen molar-refractivity contribution in [2.24, 2.45) is 16.8 Å². The number of piperazine rings is 1. The zero-order chi connectivity index (χ0) is 18.2. The number of unbranched alkanes of at least 4 members (excludes halogenated alkanes) is 1. The summed E-state index contributed by atoms with van der Waals surface area (Å²) in [4.78, 5) is 12.7. The van der Waals surface area contributed by atoms with Crippen LogP contribution in [0.3, 0.4) is 0 Å². The first-order chi connectivity index (χ1) is 12.8. The van der Waals surface area contributed by atoms with Crippen molar-refractivity contribution >= 4 is 5.96 Å². The number of fused-ring (bicyclic) bond motifs is 1. The summed E-state index contributed by atoms with van der Waals surface area (Å²) >= 11 is 0. The first-order valence-corrected chi connectivity index (χ1v) is 11.3. The first kappa shape index (κ1) is 19.9. The van der Waals surface area contributed by atoms with Crippen LogP contribution in [0.2, 0.25) is 0 Å². The Morgan fingerprint density at radius 2 is 1.58 bits per heavy atom. The van der Waals surface area contributed by atoms with E-state index < -0.39 is 0 Å². The van der Waals surface area contributed by atoms with Gasteiger partial charge in [-0.15, -0.1) is 0 Å². The summed E-state index contributed by atoms with van der Waals surface area (Å²) in [5.41, 5.74) is 0. The lowest BCUT2D eigenvalue weighted by Crippen LogP contribution is -2.46. The normalized spacial score (nSPS) is 28.4. The quantitative estimate of drug-likeness (QED) is 0.428. The predicted molar refractivity (Wildman–Crippen MR) is 111 cm³/mol. The number of aliphatic imine (C=N–C) groups is 1. The van der Waals surface area contributed by atoms with E-state index in [2.05, 4.69) is 33.9 Å². The van der Waals surface area contributed by atoms with E-state index in [1.807, 2.05) is 0 Å². The van der Waals surface area contributed by atoms with Gasteiger partial charge in [0, 0.05) is 52.4 Å². The summed E-state index contributed by atoms with van der Waals surface area (Å²) in [5, 5.41) is 3.55. The Bertz CT molecular complexity index is 416. The molecule has 1 N–H and O–H groups in total. The zero-order valence-corrected chi connectivity index (χ0v) is 17.3. The summed E-state index contributed by atoms with van der Waals surface area (Å²) in [6.45, 7) is 16.3. The highest BCUT2D eigenvalue weighted by Crippen LogP contribution is 2.35. The molecule has 26 heavy (non-hydrogen) atoms. The van der Waals surface area contributed by atoms with Crippen molar-refractivity contribution in [2.45, 2.75) is 52.4 Å². The highest BCUT2D eigenvalue weighted by molar-refractivity contribution is 5.80. The minimum atomic E-state index is 0.925.